The Hall–Kier alpha value is -3.33. The summed E-state index contributed by atoms with van der Waals surface area (Å²) in [6, 6.07) is 14.7. The Bertz CT molecular complexity index is 1190. The number of piperidine rings is 1. The molecule has 0 atom stereocenters. The van der Waals surface area contributed by atoms with Crippen molar-refractivity contribution in [3.05, 3.63) is 82.6 Å². The molecule has 1 amide bonds. The van der Waals surface area contributed by atoms with E-state index in [4.69, 9.17) is 16.3 Å². The molecule has 6 nitrogen and oxygen atoms in total. The Morgan fingerprint density at radius 1 is 1.03 bits per heavy atom. The average molecular weight is 492 g/mol. The van der Waals surface area contributed by atoms with Crippen LogP contribution in [0.3, 0.4) is 0 Å². The topological polar surface area (TPSA) is 64.4 Å². The summed E-state index contributed by atoms with van der Waals surface area (Å²) >= 11 is 5.84. The van der Waals surface area contributed by atoms with Gasteiger partial charge in [-0.15, -0.1) is 0 Å². The van der Waals surface area contributed by atoms with Gasteiger partial charge in [0.05, 0.1) is 30.0 Å². The normalized spacial score (nSPS) is 15.7. The molecule has 2 heterocycles. The number of aromatic nitrogens is 2. The third-order valence-electron chi connectivity index (χ3n) is 6.15. The average Bonchev–Trinajstić information content (AvgIpc) is 3.30. The molecule has 1 fully saturated rings. The van der Waals surface area contributed by atoms with E-state index < -0.39 is 34.7 Å². The summed E-state index contributed by atoms with van der Waals surface area (Å²) in [5.74, 6) is -1.23. The molecule has 1 aliphatic rings. The monoisotopic (exact) mass is 491 g/mol. The lowest BCUT2D eigenvalue weighted by molar-refractivity contribution is -0.149. The molecule has 4 rings (SSSR count). The lowest BCUT2D eigenvalue weighted by Crippen LogP contribution is -2.49. The molecule has 1 aliphatic heterocycles. The Labute approximate surface area is 198 Å². The summed E-state index contributed by atoms with van der Waals surface area (Å²) in [6.45, 7) is 0.179. The largest absolute Gasteiger partial charge is 0.468 e. The van der Waals surface area contributed by atoms with Gasteiger partial charge in [0, 0.05) is 18.1 Å². The number of benzene rings is 2. The van der Waals surface area contributed by atoms with Crippen molar-refractivity contribution in [2.75, 3.05) is 20.2 Å². The highest BCUT2D eigenvalue weighted by Gasteiger charge is 2.46. The van der Waals surface area contributed by atoms with Crippen molar-refractivity contribution in [1.29, 1.82) is 0 Å². The standard InChI is InChI=1S/C24H21ClF3N3O3/c1-34-22(33)23(16-5-3-2-4-6-16)11-13-30(14-12-23)21(32)19-15-29-31(20(19)24(26,27)28)18-9-7-17(25)8-10-18/h2-10,15H,11-14H2,1H3. The van der Waals surface area contributed by atoms with Gasteiger partial charge in [-0.05, 0) is 42.7 Å². The lowest BCUT2D eigenvalue weighted by atomic mass is 9.72. The van der Waals surface area contributed by atoms with E-state index in [0.717, 1.165) is 11.8 Å². The first kappa shape index (κ1) is 23.8. The fourth-order valence-corrected chi connectivity index (χ4v) is 4.51. The second-order valence-electron chi connectivity index (χ2n) is 8.02. The number of amides is 1. The highest BCUT2D eigenvalue weighted by molar-refractivity contribution is 6.30. The number of likely N-dealkylation sites (tertiary alicyclic amines) is 1. The number of alkyl halides is 3. The first-order valence-corrected chi connectivity index (χ1v) is 10.9. The van der Waals surface area contributed by atoms with Gasteiger partial charge >= 0.3 is 12.1 Å². The number of methoxy groups -OCH3 is 1. The number of ether oxygens (including phenoxy) is 1. The maximum atomic E-state index is 14.0. The second kappa shape index (κ2) is 9.13. The molecule has 1 saturated heterocycles. The molecular weight excluding hydrogens is 471 g/mol. The SMILES string of the molecule is COC(=O)C1(c2ccccc2)CCN(C(=O)c2cnn(-c3ccc(Cl)cc3)c2C(F)(F)F)CC1. The van der Waals surface area contributed by atoms with Crippen LogP contribution in [0, 0.1) is 0 Å². The first-order valence-electron chi connectivity index (χ1n) is 10.5. The Balaban J connectivity index is 1.63. The zero-order valence-corrected chi connectivity index (χ0v) is 18.9. The number of esters is 1. The molecule has 0 aliphatic carbocycles. The minimum Gasteiger partial charge on any atom is -0.468 e. The number of hydrogen-bond acceptors (Lipinski definition) is 4. The molecule has 178 valence electrons. The van der Waals surface area contributed by atoms with E-state index >= 15 is 0 Å². The molecule has 0 radical (unpaired) electrons. The van der Waals surface area contributed by atoms with Gasteiger partial charge in [0.2, 0.25) is 0 Å². The van der Waals surface area contributed by atoms with E-state index in [1.165, 1.54) is 36.3 Å². The molecule has 0 bridgehead atoms. The Kier molecular flexibility index (Phi) is 6.40. The number of nitrogens with zero attached hydrogens (tertiary/aromatic N) is 3. The van der Waals surface area contributed by atoms with Gasteiger partial charge in [0.25, 0.3) is 5.91 Å². The van der Waals surface area contributed by atoms with Crippen LogP contribution in [0.2, 0.25) is 5.02 Å². The van der Waals surface area contributed by atoms with Gasteiger partial charge in [0.1, 0.15) is 0 Å². The smallest absolute Gasteiger partial charge is 0.434 e. The highest BCUT2D eigenvalue weighted by Crippen LogP contribution is 2.39. The van der Waals surface area contributed by atoms with Crippen molar-refractivity contribution < 1.29 is 27.5 Å². The molecule has 0 spiro atoms. The minimum absolute atomic E-state index is 0.0895. The second-order valence-corrected chi connectivity index (χ2v) is 8.46. The number of carbonyl (C=O) groups excluding carboxylic acids is 2. The van der Waals surface area contributed by atoms with E-state index in [-0.39, 0.29) is 31.6 Å². The van der Waals surface area contributed by atoms with Gasteiger partial charge in [-0.2, -0.15) is 18.3 Å². The van der Waals surface area contributed by atoms with E-state index in [1.54, 1.807) is 12.1 Å². The van der Waals surface area contributed by atoms with Crippen molar-refractivity contribution in [2.45, 2.75) is 24.4 Å². The molecule has 0 saturated carbocycles. The van der Waals surface area contributed by atoms with Crippen LogP contribution in [-0.2, 0) is 21.1 Å². The van der Waals surface area contributed by atoms with Crippen molar-refractivity contribution in [1.82, 2.24) is 14.7 Å². The molecule has 3 aromatic rings. The van der Waals surface area contributed by atoms with Gasteiger partial charge in [-0.25, -0.2) is 4.68 Å². The predicted octanol–water partition coefficient (Wildman–Crippen LogP) is 4.89. The minimum atomic E-state index is -4.82. The van der Waals surface area contributed by atoms with Gasteiger partial charge in [-0.3, -0.25) is 9.59 Å². The third-order valence-corrected chi connectivity index (χ3v) is 6.40. The maximum absolute atomic E-state index is 14.0. The predicted molar refractivity (Wildman–Crippen MR) is 119 cm³/mol. The number of carbonyl (C=O) groups is 2. The lowest BCUT2D eigenvalue weighted by Gasteiger charge is -2.40. The van der Waals surface area contributed by atoms with E-state index in [9.17, 15) is 22.8 Å². The summed E-state index contributed by atoms with van der Waals surface area (Å²) in [4.78, 5) is 27.2. The zero-order valence-electron chi connectivity index (χ0n) is 18.2. The van der Waals surface area contributed by atoms with Crippen LogP contribution >= 0.6 is 11.6 Å². The summed E-state index contributed by atoms with van der Waals surface area (Å²) in [5, 5.41) is 4.21. The van der Waals surface area contributed by atoms with Crippen LogP contribution in [0.4, 0.5) is 13.2 Å². The van der Waals surface area contributed by atoms with Crippen molar-refractivity contribution >= 4 is 23.5 Å². The van der Waals surface area contributed by atoms with Gasteiger partial charge in [0.15, 0.2) is 5.69 Å². The van der Waals surface area contributed by atoms with Crippen LogP contribution < -0.4 is 0 Å². The number of hydrogen-bond donors (Lipinski definition) is 0. The van der Waals surface area contributed by atoms with Crippen LogP contribution in [0.1, 0.15) is 34.5 Å². The van der Waals surface area contributed by atoms with E-state index in [2.05, 4.69) is 5.10 Å². The maximum Gasteiger partial charge on any atom is 0.434 e. The van der Waals surface area contributed by atoms with Gasteiger partial charge in [-0.1, -0.05) is 41.9 Å². The van der Waals surface area contributed by atoms with E-state index in [1.807, 2.05) is 18.2 Å². The van der Waals surface area contributed by atoms with Crippen LogP contribution in [0.5, 0.6) is 0 Å². The first-order chi connectivity index (χ1) is 16.2. The molecule has 1 aromatic heterocycles. The summed E-state index contributed by atoms with van der Waals surface area (Å²) in [6.07, 6.45) is -3.44. The zero-order chi connectivity index (χ0) is 24.5. The Morgan fingerprint density at radius 2 is 1.65 bits per heavy atom. The summed E-state index contributed by atoms with van der Waals surface area (Å²) in [7, 11) is 1.30. The molecule has 0 unspecified atom stereocenters. The van der Waals surface area contributed by atoms with Crippen LogP contribution in [0.25, 0.3) is 5.69 Å². The summed E-state index contributed by atoms with van der Waals surface area (Å²) in [5.41, 5.74) is -1.79. The van der Waals surface area contributed by atoms with Gasteiger partial charge < -0.3 is 9.64 Å². The highest BCUT2D eigenvalue weighted by atomic mass is 35.5. The third kappa shape index (κ3) is 4.27. The molecule has 2 aromatic carbocycles. The van der Waals surface area contributed by atoms with Crippen molar-refractivity contribution in [2.24, 2.45) is 0 Å². The summed E-state index contributed by atoms with van der Waals surface area (Å²) < 4.78 is 47.8. The molecule has 34 heavy (non-hydrogen) atoms. The van der Waals surface area contributed by atoms with E-state index in [0.29, 0.717) is 9.70 Å². The quantitative estimate of drug-likeness (QED) is 0.487. The Morgan fingerprint density at radius 3 is 2.21 bits per heavy atom. The molecule has 10 heteroatoms. The van der Waals surface area contributed by atoms with Crippen LogP contribution in [-0.4, -0.2) is 46.8 Å². The fourth-order valence-electron chi connectivity index (χ4n) is 4.38. The van der Waals surface area contributed by atoms with Crippen molar-refractivity contribution in [3.63, 3.8) is 0 Å². The molecule has 0 N–H and O–H groups in total. The van der Waals surface area contributed by atoms with Crippen molar-refractivity contribution in [3.8, 4) is 5.69 Å². The van der Waals surface area contributed by atoms with Crippen LogP contribution in [0.15, 0.2) is 60.8 Å². The molecular formula is C24H21ClF3N3O3. The number of halogens is 4. The fraction of sp³-hybridized carbons (Fsp3) is 0.292. The number of rotatable bonds is 4.